The molecular weight excluding hydrogens is 422 g/mol. The number of esters is 1. The summed E-state index contributed by atoms with van der Waals surface area (Å²) in [5.74, 6) is 0.362. The Morgan fingerprint density at radius 2 is 1.82 bits per heavy atom. The fourth-order valence-corrected chi connectivity index (χ4v) is 2.96. The number of carbonyl (C=O) groups excluding carboxylic acids is 2. The van der Waals surface area contributed by atoms with Crippen LogP contribution in [0.1, 0.15) is 27.4 Å². The molecule has 2 heterocycles. The van der Waals surface area contributed by atoms with Crippen molar-refractivity contribution in [3.63, 3.8) is 0 Å². The van der Waals surface area contributed by atoms with Gasteiger partial charge in [-0.3, -0.25) is 4.79 Å². The number of aromatic nitrogens is 1. The minimum atomic E-state index is -0.529. The van der Waals surface area contributed by atoms with Crippen molar-refractivity contribution in [1.82, 2.24) is 10.6 Å². The number of furan rings is 1. The summed E-state index contributed by atoms with van der Waals surface area (Å²) in [5, 5.41) is 7.99. The molecule has 4 aromatic rings. The van der Waals surface area contributed by atoms with Crippen LogP contribution in [0.4, 0.5) is 0 Å². The fraction of sp³-hybridized carbons (Fsp3) is 0.0400. The van der Waals surface area contributed by atoms with Gasteiger partial charge in [-0.15, -0.1) is 0 Å². The van der Waals surface area contributed by atoms with Gasteiger partial charge in [-0.1, -0.05) is 35.5 Å². The van der Waals surface area contributed by atoms with Crippen LogP contribution < -0.4 is 10.2 Å². The zero-order chi connectivity index (χ0) is 23.0. The van der Waals surface area contributed by atoms with Gasteiger partial charge in [-0.05, 0) is 55.0 Å². The second-order valence-corrected chi connectivity index (χ2v) is 6.87. The van der Waals surface area contributed by atoms with Crippen LogP contribution in [0, 0.1) is 6.92 Å². The van der Waals surface area contributed by atoms with Crippen LogP contribution in [-0.4, -0.2) is 23.2 Å². The van der Waals surface area contributed by atoms with E-state index < -0.39 is 11.9 Å². The lowest BCUT2D eigenvalue weighted by Crippen LogP contribution is -2.18. The van der Waals surface area contributed by atoms with Crippen LogP contribution in [0.2, 0.25) is 0 Å². The van der Waals surface area contributed by atoms with Gasteiger partial charge in [-0.25, -0.2) is 10.2 Å². The van der Waals surface area contributed by atoms with E-state index in [9.17, 15) is 9.59 Å². The summed E-state index contributed by atoms with van der Waals surface area (Å²) in [6.45, 7) is 1.67. The molecule has 0 aliphatic rings. The predicted molar refractivity (Wildman–Crippen MR) is 122 cm³/mol. The van der Waals surface area contributed by atoms with E-state index in [1.165, 1.54) is 24.6 Å². The number of hydrogen-bond donors (Lipinski definition) is 1. The molecule has 0 saturated heterocycles. The average Bonchev–Trinajstić information content (AvgIpc) is 3.49. The van der Waals surface area contributed by atoms with Gasteiger partial charge in [-0.2, -0.15) is 5.10 Å². The van der Waals surface area contributed by atoms with Crippen molar-refractivity contribution >= 4 is 24.2 Å². The molecule has 2 aromatic heterocycles. The number of hydrazone groups is 1. The summed E-state index contributed by atoms with van der Waals surface area (Å²) in [6, 6.07) is 19.4. The maximum atomic E-state index is 12.6. The van der Waals surface area contributed by atoms with Gasteiger partial charge in [0.1, 0.15) is 28.5 Å². The first kappa shape index (κ1) is 21.5. The van der Waals surface area contributed by atoms with Crippen LogP contribution in [0.3, 0.4) is 0 Å². The Labute approximate surface area is 189 Å². The smallest absolute Gasteiger partial charge is 0.336 e. The number of ether oxygens (including phenoxy) is 1. The molecule has 0 bridgehead atoms. The Bertz CT molecular complexity index is 1290. The number of benzene rings is 2. The van der Waals surface area contributed by atoms with Gasteiger partial charge in [0.15, 0.2) is 0 Å². The monoisotopic (exact) mass is 441 g/mol. The van der Waals surface area contributed by atoms with E-state index in [1.54, 1.807) is 43.3 Å². The summed E-state index contributed by atoms with van der Waals surface area (Å²) in [5.41, 5.74) is 4.73. The topological polar surface area (TPSA) is 107 Å². The molecule has 0 radical (unpaired) electrons. The molecule has 0 atom stereocenters. The molecular formula is C25H19N3O5. The Kier molecular flexibility index (Phi) is 6.56. The molecule has 0 aliphatic heterocycles. The third kappa shape index (κ3) is 5.50. The van der Waals surface area contributed by atoms with Gasteiger partial charge in [0.05, 0.1) is 12.5 Å². The second-order valence-electron chi connectivity index (χ2n) is 6.87. The molecule has 0 spiro atoms. The second kappa shape index (κ2) is 10.1. The molecule has 1 N–H and O–H groups in total. The minimum Gasteiger partial charge on any atom is -0.465 e. The van der Waals surface area contributed by atoms with E-state index in [4.69, 9.17) is 13.7 Å². The lowest BCUT2D eigenvalue weighted by atomic mass is 10.1. The summed E-state index contributed by atoms with van der Waals surface area (Å²) in [6.07, 6.45) is 5.79. The quantitative estimate of drug-likeness (QED) is 0.147. The van der Waals surface area contributed by atoms with E-state index in [0.29, 0.717) is 34.1 Å². The summed E-state index contributed by atoms with van der Waals surface area (Å²) in [7, 11) is 0. The fourth-order valence-electron chi connectivity index (χ4n) is 2.96. The molecule has 164 valence electrons. The van der Waals surface area contributed by atoms with E-state index in [0.717, 1.165) is 5.56 Å². The van der Waals surface area contributed by atoms with Crippen molar-refractivity contribution in [2.75, 3.05) is 0 Å². The van der Waals surface area contributed by atoms with Crippen molar-refractivity contribution in [3.8, 4) is 17.0 Å². The highest BCUT2D eigenvalue weighted by molar-refractivity contribution is 6.01. The van der Waals surface area contributed by atoms with E-state index in [-0.39, 0.29) is 0 Å². The maximum absolute atomic E-state index is 12.6. The van der Waals surface area contributed by atoms with Crippen molar-refractivity contribution in [3.05, 3.63) is 102 Å². The molecule has 1 amide bonds. The van der Waals surface area contributed by atoms with Gasteiger partial charge >= 0.3 is 5.97 Å². The molecule has 0 aliphatic carbocycles. The highest BCUT2D eigenvalue weighted by Crippen LogP contribution is 2.24. The number of rotatable bonds is 7. The third-order valence-electron chi connectivity index (χ3n) is 4.54. The highest BCUT2D eigenvalue weighted by Gasteiger charge is 2.21. The lowest BCUT2D eigenvalue weighted by Gasteiger charge is -2.02. The molecule has 8 nitrogen and oxygen atoms in total. The van der Waals surface area contributed by atoms with E-state index in [1.807, 2.05) is 30.3 Å². The van der Waals surface area contributed by atoms with Crippen LogP contribution >= 0.6 is 0 Å². The molecule has 33 heavy (non-hydrogen) atoms. The minimum absolute atomic E-state index is 0.322. The molecule has 0 unspecified atom stereocenters. The number of nitrogens with one attached hydrogen (secondary N) is 1. The van der Waals surface area contributed by atoms with Crippen molar-refractivity contribution < 1.29 is 23.3 Å². The first-order valence-corrected chi connectivity index (χ1v) is 9.99. The molecule has 8 heteroatoms. The zero-order valence-electron chi connectivity index (χ0n) is 17.6. The Morgan fingerprint density at radius 3 is 2.55 bits per heavy atom. The number of amides is 1. The van der Waals surface area contributed by atoms with Crippen LogP contribution in [0.25, 0.3) is 17.3 Å². The summed E-state index contributed by atoms with van der Waals surface area (Å²) < 4.78 is 15.5. The van der Waals surface area contributed by atoms with Crippen molar-refractivity contribution in [1.29, 1.82) is 0 Å². The summed E-state index contributed by atoms with van der Waals surface area (Å²) >= 11 is 0. The largest absolute Gasteiger partial charge is 0.465 e. The molecule has 2 aromatic carbocycles. The molecule has 0 fully saturated rings. The number of hydrogen-bond acceptors (Lipinski definition) is 7. The van der Waals surface area contributed by atoms with Crippen molar-refractivity contribution in [2.24, 2.45) is 5.10 Å². The van der Waals surface area contributed by atoms with Crippen LogP contribution in [0.5, 0.6) is 5.75 Å². The predicted octanol–water partition coefficient (Wildman–Crippen LogP) is 4.63. The SMILES string of the molecule is Cc1onc(-c2ccccc2)c1C(=O)N/N=C/c1ccc(OC(=O)/C=C/c2ccco2)cc1. The maximum Gasteiger partial charge on any atom is 0.336 e. The number of aryl methyl sites for hydroxylation is 1. The van der Waals surface area contributed by atoms with Gasteiger partial charge in [0.2, 0.25) is 0 Å². The van der Waals surface area contributed by atoms with Crippen LogP contribution in [0.15, 0.2) is 93.1 Å². The Hall–Kier alpha value is -4.72. The first-order chi connectivity index (χ1) is 16.1. The average molecular weight is 441 g/mol. The normalized spacial score (nSPS) is 11.2. The standard InChI is InChI=1S/C25H19N3O5/c1-17-23(24(28-33-17)19-6-3-2-4-7-19)25(30)27-26-16-18-9-11-21(12-10-18)32-22(29)14-13-20-8-5-15-31-20/h2-16H,1H3,(H,27,30)/b14-13+,26-16+. The Balaban J connectivity index is 1.35. The zero-order valence-corrected chi connectivity index (χ0v) is 17.6. The van der Waals surface area contributed by atoms with Gasteiger partial charge < -0.3 is 13.7 Å². The molecule has 0 saturated carbocycles. The number of carbonyl (C=O) groups is 2. The molecule has 4 rings (SSSR count). The third-order valence-corrected chi connectivity index (χ3v) is 4.54. The number of nitrogens with zero attached hydrogens (tertiary/aromatic N) is 2. The van der Waals surface area contributed by atoms with Crippen LogP contribution in [-0.2, 0) is 4.79 Å². The first-order valence-electron chi connectivity index (χ1n) is 9.99. The van der Waals surface area contributed by atoms with Crippen molar-refractivity contribution in [2.45, 2.75) is 6.92 Å². The highest BCUT2D eigenvalue weighted by atomic mass is 16.5. The van der Waals surface area contributed by atoms with E-state index in [2.05, 4.69) is 15.7 Å². The summed E-state index contributed by atoms with van der Waals surface area (Å²) in [4.78, 5) is 24.5. The Morgan fingerprint density at radius 1 is 1.03 bits per heavy atom. The lowest BCUT2D eigenvalue weighted by molar-refractivity contribution is -0.128. The van der Waals surface area contributed by atoms with Gasteiger partial charge in [0.25, 0.3) is 5.91 Å². The van der Waals surface area contributed by atoms with Gasteiger partial charge in [0, 0.05) is 11.6 Å². The van der Waals surface area contributed by atoms with E-state index >= 15 is 0 Å².